The number of hydrogen-bond acceptors (Lipinski definition) is 4. The molecule has 0 radical (unpaired) electrons. The number of amides is 1. The fourth-order valence-corrected chi connectivity index (χ4v) is 2.17. The van der Waals surface area contributed by atoms with Crippen LogP contribution in [0.4, 0.5) is 5.69 Å². The first-order chi connectivity index (χ1) is 11.7. The second-order valence-electron chi connectivity index (χ2n) is 5.00. The first-order valence-corrected chi connectivity index (χ1v) is 7.28. The maximum absolute atomic E-state index is 12.3. The van der Waals surface area contributed by atoms with Gasteiger partial charge in [-0.05, 0) is 42.5 Å². The normalized spacial score (nSPS) is 10.2. The van der Waals surface area contributed by atoms with Gasteiger partial charge in [0.05, 0.1) is 18.4 Å². The molecule has 0 bridgehead atoms. The van der Waals surface area contributed by atoms with Gasteiger partial charge in [-0.2, -0.15) is 5.10 Å². The number of para-hydroxylation sites is 1. The van der Waals surface area contributed by atoms with Crippen molar-refractivity contribution >= 4 is 17.6 Å². The molecule has 0 saturated heterocycles. The van der Waals surface area contributed by atoms with Crippen molar-refractivity contribution in [2.75, 3.05) is 12.4 Å². The standard InChI is InChI=1S/C18H15N3O3/c1-24-18(23)13-7-9-14(10-8-13)19-17(22)16-11-12-21(20-16)15-5-3-2-4-6-15/h2-12H,1H3,(H,19,22). The van der Waals surface area contributed by atoms with Crippen LogP contribution in [0.3, 0.4) is 0 Å². The molecule has 0 aliphatic heterocycles. The summed E-state index contributed by atoms with van der Waals surface area (Å²) in [5.41, 5.74) is 2.17. The largest absolute Gasteiger partial charge is 0.465 e. The molecule has 3 rings (SSSR count). The van der Waals surface area contributed by atoms with Gasteiger partial charge in [0.2, 0.25) is 0 Å². The monoisotopic (exact) mass is 321 g/mol. The average molecular weight is 321 g/mol. The number of carbonyl (C=O) groups is 2. The number of esters is 1. The zero-order chi connectivity index (χ0) is 16.9. The predicted molar refractivity (Wildman–Crippen MR) is 89.3 cm³/mol. The molecule has 2 aromatic carbocycles. The molecule has 0 unspecified atom stereocenters. The van der Waals surface area contributed by atoms with E-state index in [1.807, 2.05) is 30.3 Å². The van der Waals surface area contributed by atoms with Crippen molar-refractivity contribution in [3.63, 3.8) is 0 Å². The number of nitrogens with zero attached hydrogens (tertiary/aromatic N) is 2. The molecule has 0 fully saturated rings. The van der Waals surface area contributed by atoms with E-state index < -0.39 is 5.97 Å². The third kappa shape index (κ3) is 3.33. The van der Waals surface area contributed by atoms with Crippen LogP contribution in [-0.4, -0.2) is 28.8 Å². The van der Waals surface area contributed by atoms with Crippen molar-refractivity contribution < 1.29 is 14.3 Å². The predicted octanol–water partition coefficient (Wildman–Crippen LogP) is 2.91. The fourth-order valence-electron chi connectivity index (χ4n) is 2.17. The number of benzene rings is 2. The molecule has 0 saturated carbocycles. The van der Waals surface area contributed by atoms with E-state index in [-0.39, 0.29) is 5.91 Å². The number of hydrogen-bond donors (Lipinski definition) is 1. The van der Waals surface area contributed by atoms with E-state index in [9.17, 15) is 9.59 Å². The van der Waals surface area contributed by atoms with Crippen LogP contribution in [-0.2, 0) is 4.74 Å². The van der Waals surface area contributed by atoms with E-state index >= 15 is 0 Å². The Labute approximate surface area is 138 Å². The highest BCUT2D eigenvalue weighted by Crippen LogP contribution is 2.12. The number of nitrogens with one attached hydrogen (secondary N) is 1. The van der Waals surface area contributed by atoms with E-state index in [4.69, 9.17) is 0 Å². The van der Waals surface area contributed by atoms with Gasteiger partial charge in [0.15, 0.2) is 5.69 Å². The van der Waals surface area contributed by atoms with Gasteiger partial charge in [-0.3, -0.25) is 4.79 Å². The number of aromatic nitrogens is 2. The molecule has 24 heavy (non-hydrogen) atoms. The molecule has 120 valence electrons. The van der Waals surface area contributed by atoms with E-state index in [1.54, 1.807) is 41.2 Å². The van der Waals surface area contributed by atoms with E-state index in [0.717, 1.165) is 5.69 Å². The quantitative estimate of drug-likeness (QED) is 0.750. The van der Waals surface area contributed by atoms with E-state index in [2.05, 4.69) is 15.2 Å². The lowest BCUT2D eigenvalue weighted by atomic mass is 10.2. The van der Waals surface area contributed by atoms with Crippen LogP contribution in [0.1, 0.15) is 20.8 Å². The Morgan fingerprint density at radius 2 is 1.71 bits per heavy atom. The maximum atomic E-state index is 12.3. The van der Waals surface area contributed by atoms with Crippen LogP contribution in [0, 0.1) is 0 Å². The molecule has 6 heteroatoms. The summed E-state index contributed by atoms with van der Waals surface area (Å²) in [7, 11) is 1.32. The van der Waals surface area contributed by atoms with Crippen molar-refractivity contribution in [1.29, 1.82) is 0 Å². The summed E-state index contributed by atoms with van der Waals surface area (Å²) in [6.07, 6.45) is 1.73. The van der Waals surface area contributed by atoms with Gasteiger partial charge in [-0.1, -0.05) is 18.2 Å². The molecular formula is C18H15N3O3. The highest BCUT2D eigenvalue weighted by molar-refractivity contribution is 6.03. The third-order valence-corrected chi connectivity index (χ3v) is 3.41. The summed E-state index contributed by atoms with van der Waals surface area (Å²) in [6, 6.07) is 17.6. The van der Waals surface area contributed by atoms with Gasteiger partial charge in [0.25, 0.3) is 5.91 Å². The Morgan fingerprint density at radius 1 is 1.00 bits per heavy atom. The zero-order valence-electron chi connectivity index (χ0n) is 13.0. The molecular weight excluding hydrogens is 306 g/mol. The smallest absolute Gasteiger partial charge is 0.337 e. The minimum Gasteiger partial charge on any atom is -0.465 e. The minimum atomic E-state index is -0.422. The van der Waals surface area contributed by atoms with Gasteiger partial charge in [0.1, 0.15) is 0 Å². The van der Waals surface area contributed by atoms with Gasteiger partial charge < -0.3 is 10.1 Å². The van der Waals surface area contributed by atoms with Crippen molar-refractivity contribution in [1.82, 2.24) is 9.78 Å². The SMILES string of the molecule is COC(=O)c1ccc(NC(=O)c2ccn(-c3ccccc3)n2)cc1. The maximum Gasteiger partial charge on any atom is 0.337 e. The van der Waals surface area contributed by atoms with E-state index in [1.165, 1.54) is 7.11 Å². The number of carbonyl (C=O) groups excluding carboxylic acids is 2. The number of anilines is 1. The van der Waals surface area contributed by atoms with Gasteiger partial charge in [0, 0.05) is 11.9 Å². The first kappa shape index (κ1) is 15.5. The Hall–Kier alpha value is -3.41. The second kappa shape index (κ2) is 6.78. The molecule has 1 aromatic heterocycles. The molecule has 3 aromatic rings. The van der Waals surface area contributed by atoms with Crippen LogP contribution < -0.4 is 5.32 Å². The Bertz CT molecular complexity index is 855. The third-order valence-electron chi connectivity index (χ3n) is 3.41. The average Bonchev–Trinajstić information content (AvgIpc) is 3.13. The summed E-state index contributed by atoms with van der Waals surface area (Å²) < 4.78 is 6.27. The molecule has 0 atom stereocenters. The summed E-state index contributed by atoms with van der Waals surface area (Å²) in [5, 5.41) is 7.01. The van der Waals surface area contributed by atoms with Crippen LogP contribution in [0.2, 0.25) is 0 Å². The number of rotatable bonds is 4. The van der Waals surface area contributed by atoms with Crippen molar-refractivity contribution in [3.05, 3.63) is 78.1 Å². The Morgan fingerprint density at radius 3 is 2.38 bits per heavy atom. The number of ether oxygens (including phenoxy) is 1. The van der Waals surface area contributed by atoms with E-state index in [0.29, 0.717) is 16.9 Å². The van der Waals surface area contributed by atoms with Crippen LogP contribution in [0.25, 0.3) is 5.69 Å². The van der Waals surface area contributed by atoms with Crippen LogP contribution in [0.5, 0.6) is 0 Å². The molecule has 0 aliphatic carbocycles. The lowest BCUT2D eigenvalue weighted by Gasteiger charge is -2.04. The zero-order valence-corrected chi connectivity index (χ0v) is 13.0. The molecule has 1 heterocycles. The summed E-state index contributed by atoms with van der Waals surface area (Å²) in [4.78, 5) is 23.6. The summed E-state index contributed by atoms with van der Waals surface area (Å²) in [5.74, 6) is -0.745. The molecule has 6 nitrogen and oxygen atoms in total. The van der Waals surface area contributed by atoms with Crippen molar-refractivity contribution in [2.24, 2.45) is 0 Å². The van der Waals surface area contributed by atoms with Crippen LogP contribution in [0.15, 0.2) is 66.9 Å². The molecule has 1 amide bonds. The Kier molecular flexibility index (Phi) is 4.38. The van der Waals surface area contributed by atoms with Crippen LogP contribution >= 0.6 is 0 Å². The topological polar surface area (TPSA) is 73.2 Å². The number of methoxy groups -OCH3 is 1. The van der Waals surface area contributed by atoms with Crippen molar-refractivity contribution in [3.8, 4) is 5.69 Å². The highest BCUT2D eigenvalue weighted by Gasteiger charge is 2.11. The minimum absolute atomic E-state index is 0.302. The first-order valence-electron chi connectivity index (χ1n) is 7.28. The molecule has 0 aliphatic rings. The van der Waals surface area contributed by atoms with Gasteiger partial charge >= 0.3 is 5.97 Å². The summed E-state index contributed by atoms with van der Waals surface area (Å²) in [6.45, 7) is 0. The van der Waals surface area contributed by atoms with Crippen molar-refractivity contribution in [2.45, 2.75) is 0 Å². The Balaban J connectivity index is 1.71. The second-order valence-corrected chi connectivity index (χ2v) is 5.00. The lowest BCUT2D eigenvalue weighted by Crippen LogP contribution is -2.13. The van der Waals surface area contributed by atoms with Gasteiger partial charge in [-0.25, -0.2) is 9.48 Å². The molecule has 0 spiro atoms. The van der Waals surface area contributed by atoms with Gasteiger partial charge in [-0.15, -0.1) is 0 Å². The summed E-state index contributed by atoms with van der Waals surface area (Å²) >= 11 is 0. The fraction of sp³-hybridized carbons (Fsp3) is 0.0556. The molecule has 1 N–H and O–H groups in total. The lowest BCUT2D eigenvalue weighted by molar-refractivity contribution is 0.0600. The highest BCUT2D eigenvalue weighted by atomic mass is 16.5.